The van der Waals surface area contributed by atoms with Crippen LogP contribution in [-0.4, -0.2) is 144 Å². The highest BCUT2D eigenvalue weighted by atomic mass is 19.4. The number of hydrogen-bond donors (Lipinski definition) is 3. The monoisotopic (exact) mass is 1110 g/mol. The number of nitrogens with one attached hydrogen (secondary N) is 3. The van der Waals surface area contributed by atoms with Crippen molar-refractivity contribution >= 4 is 17.7 Å². The van der Waals surface area contributed by atoms with Crippen molar-refractivity contribution in [3.8, 4) is 22.8 Å². The Morgan fingerprint density at radius 1 is 0.628 bits per heavy atom. The third-order valence-corrected chi connectivity index (χ3v) is 17.4. The van der Waals surface area contributed by atoms with Gasteiger partial charge >= 0.3 is 24.4 Å². The van der Waals surface area contributed by atoms with Crippen molar-refractivity contribution in [1.29, 1.82) is 0 Å². The number of nitrogens with zero attached hydrogens (tertiary/aromatic N) is 9. The van der Waals surface area contributed by atoms with Crippen LogP contribution in [-0.2, 0) is 62.1 Å². The Bertz CT molecular complexity index is 2760. The van der Waals surface area contributed by atoms with Gasteiger partial charge in [0.15, 0.2) is 0 Å². The Labute approximate surface area is 444 Å². The summed E-state index contributed by atoms with van der Waals surface area (Å²) < 4.78 is 134. The van der Waals surface area contributed by atoms with E-state index < -0.39 is 58.5 Å². The summed E-state index contributed by atoms with van der Waals surface area (Å²) in [5, 5.41) is 30.8. The Balaban J connectivity index is 0.000000192. The van der Waals surface area contributed by atoms with Crippen LogP contribution < -0.4 is 5.32 Å². The van der Waals surface area contributed by atoms with Crippen molar-refractivity contribution in [3.63, 3.8) is 0 Å². The molecule has 4 aromatic rings. The number of halogens is 9. The molecule has 6 heterocycles. The predicted molar refractivity (Wildman–Crippen MR) is 261 cm³/mol. The number of carbonyl (C=O) groups excluding carboxylic acids is 3. The van der Waals surface area contributed by atoms with Crippen molar-refractivity contribution in [1.82, 2.24) is 61.3 Å². The highest BCUT2D eigenvalue weighted by molar-refractivity contribution is 5.86. The van der Waals surface area contributed by atoms with Gasteiger partial charge in [-0.1, -0.05) is 27.7 Å². The highest BCUT2D eigenvalue weighted by Crippen LogP contribution is 2.51. The van der Waals surface area contributed by atoms with Gasteiger partial charge in [0.25, 0.3) is 0 Å². The molecule has 2 aliphatic carbocycles. The first kappa shape index (κ1) is 56.9. The molecule has 2 saturated carbocycles. The van der Waals surface area contributed by atoms with Gasteiger partial charge in [-0.2, -0.15) is 49.9 Å². The minimum atomic E-state index is -5.06. The summed E-state index contributed by atoms with van der Waals surface area (Å²) in [4.78, 5) is 45.0. The third-order valence-electron chi connectivity index (χ3n) is 17.4. The summed E-state index contributed by atoms with van der Waals surface area (Å²) in [7, 11) is 0. The van der Waals surface area contributed by atoms with Crippen LogP contribution in [0.25, 0.3) is 22.8 Å². The average molecular weight is 1110 g/mol. The number of rotatable bonds is 10. The van der Waals surface area contributed by atoms with E-state index in [-0.39, 0.29) is 118 Å². The van der Waals surface area contributed by atoms with Gasteiger partial charge in [-0.15, -0.1) is 20.4 Å². The molecular formula is C52H65F9N12O5. The second-order valence-electron chi connectivity index (χ2n) is 22.3. The van der Waals surface area contributed by atoms with E-state index in [1.165, 1.54) is 11.0 Å². The van der Waals surface area contributed by atoms with E-state index in [1.54, 1.807) is 4.90 Å². The van der Waals surface area contributed by atoms with Crippen molar-refractivity contribution in [2.75, 3.05) is 39.5 Å². The van der Waals surface area contributed by atoms with E-state index in [2.05, 4.69) is 60.4 Å². The normalized spacial score (nSPS) is 24.5. The molecule has 2 aromatic carbocycles. The lowest BCUT2D eigenvalue weighted by Crippen LogP contribution is -2.54. The van der Waals surface area contributed by atoms with Crippen LogP contribution in [0.5, 0.6) is 0 Å². The summed E-state index contributed by atoms with van der Waals surface area (Å²) in [6.07, 6.45) is -8.08. The number of H-pyrrole nitrogens is 2. The van der Waals surface area contributed by atoms with Crippen molar-refractivity contribution in [3.05, 3.63) is 57.6 Å². The molecule has 0 bridgehead atoms. The molecule has 4 atom stereocenters. The summed E-state index contributed by atoms with van der Waals surface area (Å²) in [5.74, 6) is -2.19. The quantitative estimate of drug-likeness (QED) is 0.129. The van der Waals surface area contributed by atoms with E-state index >= 15 is 0 Å². The van der Waals surface area contributed by atoms with Crippen LogP contribution in [0.1, 0.15) is 125 Å². The number of hydrogen-bond acceptors (Lipinski definition) is 12. The molecule has 78 heavy (non-hydrogen) atoms. The summed E-state index contributed by atoms with van der Waals surface area (Å²) in [6, 6.07) is 3.47. The molecule has 6 aliphatic rings. The number of alkyl halides is 9. The number of ether oxygens (including phenoxy) is 2. The van der Waals surface area contributed by atoms with Crippen molar-refractivity contribution in [2.45, 2.75) is 161 Å². The SMILES string of the molecule is CC(C)[C@]1(C(=O)N2CCc3c(cc(C(F)(F)F)cc3-c3nn[nH]n3)C2)CC[C@@H](N(C(=O)C(F)(F)F)C2CCOCC2)C1.CC(C)[C@]1(C(=O)N2CCc3c(cc(C(F)(F)F)cc3-c3nn[nH]n3)C2)CC[C@@H](NC2CCOCC2)C1. The van der Waals surface area contributed by atoms with Crippen molar-refractivity contribution in [2.24, 2.45) is 22.7 Å². The van der Waals surface area contributed by atoms with E-state index in [1.807, 2.05) is 13.8 Å². The number of aromatic amines is 2. The Kier molecular flexibility index (Phi) is 16.4. The van der Waals surface area contributed by atoms with Gasteiger partial charge in [0.2, 0.25) is 23.5 Å². The van der Waals surface area contributed by atoms with Crippen LogP contribution in [0.2, 0.25) is 0 Å². The topological polar surface area (TPSA) is 200 Å². The summed E-state index contributed by atoms with van der Waals surface area (Å²) in [6.45, 7) is 10.5. The van der Waals surface area contributed by atoms with Gasteiger partial charge in [0.05, 0.1) is 22.0 Å². The zero-order chi connectivity index (χ0) is 56.0. The fourth-order valence-electron chi connectivity index (χ4n) is 13.0. The first-order chi connectivity index (χ1) is 36.9. The number of aromatic nitrogens is 8. The highest BCUT2D eigenvalue weighted by Gasteiger charge is 2.56. The second kappa shape index (κ2) is 22.4. The molecule has 426 valence electrons. The molecule has 26 heteroatoms. The average Bonchev–Trinajstić information content (AvgIpc) is 4.40. The van der Waals surface area contributed by atoms with E-state index in [9.17, 15) is 53.9 Å². The summed E-state index contributed by atoms with van der Waals surface area (Å²) >= 11 is 0. The number of benzene rings is 2. The first-order valence-electron chi connectivity index (χ1n) is 26.7. The predicted octanol–water partition coefficient (Wildman–Crippen LogP) is 8.27. The standard InChI is InChI=1S/C27H32F6N6O3.C25H33F3N6O2/c1-15(2)25(7-3-19(13-25)39(24(41)27(31,32)33)18-5-9-42-10-6-18)23(40)38-8-4-20-16(14-38)11-17(26(28,29)30)12-21(20)22-34-36-37-35-22;1-15(2)24(7-3-19(13-24)29-18-5-9-36-10-6-18)23(35)34-8-4-20-16(14-34)11-17(25(26,27)28)12-21(20)22-30-32-33-31-22/h11-12,15,18-19H,3-10,13-14H2,1-2H3,(H,34,35,36,37);11-12,15,18-19,29H,3-10,13-14H2,1-2H3,(H,30,31,32,33)/t19-,25+;19-,24+/m11/s1. The molecule has 10 rings (SSSR count). The maximum atomic E-state index is 14.2. The lowest BCUT2D eigenvalue weighted by Gasteiger charge is -2.42. The molecule has 4 fully saturated rings. The maximum absolute atomic E-state index is 14.2. The zero-order valence-corrected chi connectivity index (χ0v) is 43.9. The van der Waals surface area contributed by atoms with Crippen LogP contribution in [0.4, 0.5) is 39.5 Å². The molecule has 2 aromatic heterocycles. The minimum absolute atomic E-state index is 0.0111. The van der Waals surface area contributed by atoms with Gasteiger partial charge in [-0.25, -0.2) is 0 Å². The Hall–Kier alpha value is -5.76. The molecule has 4 aliphatic heterocycles. The maximum Gasteiger partial charge on any atom is 0.471 e. The number of fused-ring (bicyclic) bond motifs is 2. The molecule has 3 amide bonds. The van der Waals surface area contributed by atoms with Gasteiger partial charge in [-0.3, -0.25) is 14.4 Å². The summed E-state index contributed by atoms with van der Waals surface area (Å²) in [5.41, 5.74) is -0.641. The van der Waals surface area contributed by atoms with Crippen LogP contribution in [0.3, 0.4) is 0 Å². The largest absolute Gasteiger partial charge is 0.471 e. The van der Waals surface area contributed by atoms with Crippen LogP contribution >= 0.6 is 0 Å². The lowest BCUT2D eigenvalue weighted by atomic mass is 9.73. The number of tetrazole rings is 2. The number of amides is 3. The molecule has 0 spiro atoms. The van der Waals surface area contributed by atoms with Gasteiger partial charge in [-0.05, 0) is 146 Å². The van der Waals surface area contributed by atoms with Crippen molar-refractivity contribution < 1.29 is 63.4 Å². The fourth-order valence-corrected chi connectivity index (χ4v) is 13.0. The molecule has 3 N–H and O–H groups in total. The Morgan fingerprint density at radius 2 is 1.09 bits per heavy atom. The number of carbonyl (C=O) groups is 3. The Morgan fingerprint density at radius 3 is 1.53 bits per heavy atom. The third kappa shape index (κ3) is 11.6. The second-order valence-corrected chi connectivity index (χ2v) is 22.3. The first-order valence-corrected chi connectivity index (χ1v) is 26.7. The fraction of sp³-hybridized carbons (Fsp3) is 0.673. The molecule has 0 unspecified atom stereocenters. The van der Waals surface area contributed by atoms with E-state index in [0.29, 0.717) is 41.3 Å². The van der Waals surface area contributed by atoms with Gasteiger partial charge in [0.1, 0.15) is 0 Å². The minimum Gasteiger partial charge on any atom is -0.381 e. The van der Waals surface area contributed by atoms with Crippen LogP contribution in [0, 0.1) is 22.7 Å². The molecule has 0 radical (unpaired) electrons. The van der Waals surface area contributed by atoms with Crippen LogP contribution in [0.15, 0.2) is 24.3 Å². The smallest absolute Gasteiger partial charge is 0.381 e. The lowest BCUT2D eigenvalue weighted by molar-refractivity contribution is -0.192. The molecule has 2 saturated heterocycles. The zero-order valence-electron chi connectivity index (χ0n) is 43.9. The van der Waals surface area contributed by atoms with E-state index in [4.69, 9.17) is 9.47 Å². The molecular weight excluding hydrogens is 1040 g/mol. The van der Waals surface area contributed by atoms with E-state index in [0.717, 1.165) is 74.0 Å². The molecule has 17 nitrogen and oxygen atoms in total. The van der Waals surface area contributed by atoms with Gasteiger partial charge in [0, 0.05) is 87.9 Å². The van der Waals surface area contributed by atoms with Gasteiger partial charge < -0.3 is 29.5 Å².